The number of ether oxygens (including phenoxy) is 1. The smallest absolute Gasteiger partial charge is 0.311 e. The molecule has 0 radical (unpaired) electrons. The van der Waals surface area contributed by atoms with E-state index in [2.05, 4.69) is 13.8 Å². The van der Waals surface area contributed by atoms with E-state index >= 15 is 0 Å². The molecular formula is C15H20ClNO3. The van der Waals surface area contributed by atoms with Crippen molar-refractivity contribution < 1.29 is 9.66 Å². The van der Waals surface area contributed by atoms with E-state index in [1.165, 1.54) is 0 Å². The fraction of sp³-hybridized carbons (Fsp3) is 0.600. The monoisotopic (exact) mass is 297 g/mol. The van der Waals surface area contributed by atoms with E-state index in [1.807, 2.05) is 19.9 Å². The topological polar surface area (TPSA) is 52.4 Å². The van der Waals surface area contributed by atoms with Crippen LogP contribution in [0, 0.1) is 29.4 Å². The van der Waals surface area contributed by atoms with Crippen LogP contribution in [0.2, 0.25) is 0 Å². The molecule has 20 heavy (non-hydrogen) atoms. The zero-order chi connectivity index (χ0) is 15.1. The van der Waals surface area contributed by atoms with Crippen LogP contribution < -0.4 is 4.74 Å². The van der Waals surface area contributed by atoms with E-state index in [1.54, 1.807) is 6.07 Å². The number of hydrogen-bond donors (Lipinski definition) is 0. The molecule has 0 N–H and O–H groups in total. The summed E-state index contributed by atoms with van der Waals surface area (Å²) >= 11 is 6.27. The lowest BCUT2D eigenvalue weighted by atomic mass is 9.65. The van der Waals surface area contributed by atoms with E-state index in [4.69, 9.17) is 16.3 Å². The van der Waals surface area contributed by atoms with Gasteiger partial charge in [-0.2, -0.15) is 0 Å². The minimum atomic E-state index is -0.380. The highest BCUT2D eigenvalue weighted by Gasteiger charge is 2.51. The highest BCUT2D eigenvalue weighted by molar-refractivity contribution is 6.21. The van der Waals surface area contributed by atoms with Crippen molar-refractivity contribution in [1.82, 2.24) is 0 Å². The van der Waals surface area contributed by atoms with Crippen LogP contribution in [0.5, 0.6) is 5.75 Å². The van der Waals surface area contributed by atoms with Gasteiger partial charge in [-0.25, -0.2) is 0 Å². The average Bonchev–Trinajstić information content (AvgIpc) is 2.38. The summed E-state index contributed by atoms with van der Waals surface area (Å²) in [7, 11) is 0. The molecular weight excluding hydrogens is 278 g/mol. The van der Waals surface area contributed by atoms with Gasteiger partial charge >= 0.3 is 5.69 Å². The van der Waals surface area contributed by atoms with Gasteiger partial charge in [-0.1, -0.05) is 19.9 Å². The van der Waals surface area contributed by atoms with Crippen LogP contribution in [0.4, 0.5) is 5.69 Å². The maximum Gasteiger partial charge on any atom is 0.311 e. The first kappa shape index (κ1) is 15.1. The molecule has 2 rings (SSSR count). The summed E-state index contributed by atoms with van der Waals surface area (Å²) in [5, 5.41) is 11.3. The van der Waals surface area contributed by atoms with Crippen LogP contribution in [0.15, 0.2) is 12.1 Å². The van der Waals surface area contributed by atoms with Gasteiger partial charge < -0.3 is 4.74 Å². The molecule has 3 atom stereocenters. The lowest BCUT2D eigenvalue weighted by Gasteiger charge is -2.50. The predicted molar refractivity (Wildman–Crippen MR) is 79.6 cm³/mol. The molecule has 0 amide bonds. The number of halogens is 1. The maximum atomic E-state index is 11.2. The van der Waals surface area contributed by atoms with Gasteiger partial charge in [0.25, 0.3) is 0 Å². The Hall–Kier alpha value is -1.29. The van der Waals surface area contributed by atoms with Crippen LogP contribution in [-0.4, -0.2) is 16.4 Å². The third kappa shape index (κ3) is 2.37. The van der Waals surface area contributed by atoms with Gasteiger partial charge in [-0.05, 0) is 31.4 Å². The molecule has 110 valence electrons. The SMILES string of the molecule is CCC1(C)C(Cl)CC1Oc1c(C)cc(C)cc1[N+](=O)[O-]. The van der Waals surface area contributed by atoms with Gasteiger partial charge in [0.15, 0.2) is 5.75 Å². The zero-order valence-electron chi connectivity index (χ0n) is 12.3. The quantitative estimate of drug-likeness (QED) is 0.470. The summed E-state index contributed by atoms with van der Waals surface area (Å²) in [6.45, 7) is 7.84. The molecule has 1 fully saturated rings. The van der Waals surface area contributed by atoms with Crippen molar-refractivity contribution in [1.29, 1.82) is 0 Å². The van der Waals surface area contributed by atoms with Crippen LogP contribution in [-0.2, 0) is 0 Å². The number of aryl methyl sites for hydroxylation is 2. The van der Waals surface area contributed by atoms with Crippen LogP contribution in [0.3, 0.4) is 0 Å². The maximum absolute atomic E-state index is 11.2. The molecule has 1 aromatic rings. The Kier molecular flexibility index (Phi) is 3.96. The average molecular weight is 298 g/mol. The lowest BCUT2D eigenvalue weighted by molar-refractivity contribution is -0.386. The second kappa shape index (κ2) is 5.24. The molecule has 1 saturated carbocycles. The molecule has 0 heterocycles. The molecule has 1 aromatic carbocycles. The Balaban J connectivity index is 2.33. The Morgan fingerprint density at radius 2 is 2.15 bits per heavy atom. The first-order chi connectivity index (χ1) is 9.29. The Morgan fingerprint density at radius 1 is 1.50 bits per heavy atom. The highest BCUT2D eigenvalue weighted by Crippen LogP contribution is 2.50. The summed E-state index contributed by atoms with van der Waals surface area (Å²) in [5.74, 6) is 0.383. The lowest BCUT2D eigenvalue weighted by Crippen LogP contribution is -2.55. The highest BCUT2D eigenvalue weighted by atomic mass is 35.5. The summed E-state index contributed by atoms with van der Waals surface area (Å²) in [6.07, 6.45) is 1.57. The van der Waals surface area contributed by atoms with E-state index in [9.17, 15) is 10.1 Å². The number of nitrogens with zero attached hydrogens (tertiary/aromatic N) is 1. The first-order valence-electron chi connectivity index (χ1n) is 6.86. The molecule has 1 aliphatic carbocycles. The number of nitro groups is 1. The summed E-state index contributed by atoms with van der Waals surface area (Å²) in [4.78, 5) is 10.8. The van der Waals surface area contributed by atoms with Gasteiger partial charge in [0, 0.05) is 23.3 Å². The van der Waals surface area contributed by atoms with E-state index in [-0.39, 0.29) is 27.5 Å². The Bertz CT molecular complexity index is 546. The normalized spacial score (nSPS) is 28.9. The van der Waals surface area contributed by atoms with E-state index in [0.717, 1.165) is 24.0 Å². The molecule has 0 spiro atoms. The second-order valence-corrected chi connectivity index (χ2v) is 6.38. The van der Waals surface area contributed by atoms with E-state index < -0.39 is 0 Å². The van der Waals surface area contributed by atoms with Crippen molar-refractivity contribution in [2.24, 2.45) is 5.41 Å². The molecule has 1 aliphatic rings. The van der Waals surface area contributed by atoms with Crippen LogP contribution in [0.1, 0.15) is 37.8 Å². The third-order valence-corrected chi connectivity index (χ3v) is 5.17. The fourth-order valence-corrected chi connectivity index (χ4v) is 3.22. The van der Waals surface area contributed by atoms with Crippen molar-refractivity contribution in [3.63, 3.8) is 0 Å². The standard InChI is InChI=1S/C15H20ClNO3/c1-5-15(4)12(16)8-13(15)20-14-10(3)6-9(2)7-11(14)17(18)19/h6-7,12-13H,5,8H2,1-4H3. The second-order valence-electron chi connectivity index (χ2n) is 5.86. The molecule has 4 nitrogen and oxygen atoms in total. The minimum Gasteiger partial charge on any atom is -0.483 e. The minimum absolute atomic E-state index is 0.0407. The molecule has 3 unspecified atom stereocenters. The summed E-state index contributed by atoms with van der Waals surface area (Å²) in [6, 6.07) is 3.46. The van der Waals surface area contributed by atoms with Gasteiger partial charge in [0.05, 0.1) is 4.92 Å². The Labute approximate surface area is 124 Å². The number of benzene rings is 1. The van der Waals surface area contributed by atoms with Gasteiger partial charge in [0.2, 0.25) is 0 Å². The van der Waals surface area contributed by atoms with Crippen molar-refractivity contribution in [3.05, 3.63) is 33.4 Å². The molecule has 0 bridgehead atoms. The Morgan fingerprint density at radius 3 is 2.65 bits per heavy atom. The van der Waals surface area contributed by atoms with Gasteiger partial charge in [0.1, 0.15) is 6.10 Å². The van der Waals surface area contributed by atoms with Gasteiger partial charge in [-0.3, -0.25) is 10.1 Å². The first-order valence-corrected chi connectivity index (χ1v) is 7.29. The van der Waals surface area contributed by atoms with E-state index in [0.29, 0.717) is 5.75 Å². The zero-order valence-corrected chi connectivity index (χ0v) is 13.0. The molecule has 0 aromatic heterocycles. The van der Waals surface area contributed by atoms with Crippen molar-refractivity contribution in [3.8, 4) is 5.75 Å². The molecule has 5 heteroatoms. The molecule has 0 saturated heterocycles. The van der Waals surface area contributed by atoms with Crippen molar-refractivity contribution >= 4 is 17.3 Å². The summed E-state index contributed by atoms with van der Waals surface area (Å²) in [5.41, 5.74) is 1.59. The van der Waals surface area contributed by atoms with Crippen LogP contribution >= 0.6 is 11.6 Å². The van der Waals surface area contributed by atoms with Crippen LogP contribution in [0.25, 0.3) is 0 Å². The molecule has 0 aliphatic heterocycles. The number of rotatable bonds is 4. The van der Waals surface area contributed by atoms with Crippen molar-refractivity contribution in [2.45, 2.75) is 52.0 Å². The third-order valence-electron chi connectivity index (χ3n) is 4.49. The fourth-order valence-electron chi connectivity index (χ4n) is 2.76. The summed E-state index contributed by atoms with van der Waals surface area (Å²) < 4.78 is 5.98. The number of alkyl halides is 1. The number of nitro benzene ring substituents is 1. The van der Waals surface area contributed by atoms with Gasteiger partial charge in [-0.15, -0.1) is 11.6 Å². The largest absolute Gasteiger partial charge is 0.483 e. The van der Waals surface area contributed by atoms with Crippen molar-refractivity contribution in [2.75, 3.05) is 0 Å². The number of hydrogen-bond acceptors (Lipinski definition) is 3. The predicted octanol–water partition coefficient (Wildman–Crippen LogP) is 4.39.